The van der Waals surface area contributed by atoms with E-state index in [-0.39, 0.29) is 18.6 Å². The molecule has 0 spiro atoms. The van der Waals surface area contributed by atoms with Gasteiger partial charge in [-0.15, -0.1) is 0 Å². The van der Waals surface area contributed by atoms with Crippen molar-refractivity contribution in [2.45, 2.75) is 45.9 Å². The molecule has 0 bridgehead atoms. The molecule has 1 aliphatic rings. The van der Waals surface area contributed by atoms with E-state index in [1.807, 2.05) is 54.8 Å². The molecule has 6 nitrogen and oxygen atoms in total. The number of fused-ring (bicyclic) bond motifs is 1. The van der Waals surface area contributed by atoms with E-state index in [0.29, 0.717) is 13.2 Å². The average molecular weight is 393 g/mol. The van der Waals surface area contributed by atoms with Crippen molar-refractivity contribution in [1.29, 1.82) is 0 Å². The molecule has 4 rings (SSSR count). The zero-order chi connectivity index (χ0) is 20.2. The Hall–Kier alpha value is -2.86. The number of amides is 1. The second kappa shape index (κ2) is 8.66. The molecule has 1 amide bonds. The van der Waals surface area contributed by atoms with Gasteiger partial charge in [-0.1, -0.05) is 24.3 Å². The highest BCUT2D eigenvalue weighted by Crippen LogP contribution is 2.22. The van der Waals surface area contributed by atoms with Crippen LogP contribution in [0.3, 0.4) is 0 Å². The van der Waals surface area contributed by atoms with Gasteiger partial charge in [0.25, 0.3) is 0 Å². The summed E-state index contributed by atoms with van der Waals surface area (Å²) in [6.45, 7) is 5.92. The molecule has 2 aromatic carbocycles. The predicted octanol–water partition coefficient (Wildman–Crippen LogP) is 3.53. The van der Waals surface area contributed by atoms with Crippen LogP contribution in [0.25, 0.3) is 11.0 Å². The van der Waals surface area contributed by atoms with E-state index in [4.69, 9.17) is 14.5 Å². The molecular formula is C23H27N3O3. The lowest BCUT2D eigenvalue weighted by Gasteiger charge is -2.14. The molecule has 1 unspecified atom stereocenters. The van der Waals surface area contributed by atoms with Crippen molar-refractivity contribution >= 4 is 16.9 Å². The van der Waals surface area contributed by atoms with E-state index in [2.05, 4.69) is 11.4 Å². The van der Waals surface area contributed by atoms with Crippen LogP contribution in [0.2, 0.25) is 0 Å². The fourth-order valence-electron chi connectivity index (χ4n) is 3.65. The van der Waals surface area contributed by atoms with Crippen LogP contribution in [0.5, 0.6) is 5.75 Å². The van der Waals surface area contributed by atoms with Gasteiger partial charge in [0, 0.05) is 13.2 Å². The first kappa shape index (κ1) is 19.5. The normalized spacial score (nSPS) is 16.3. The summed E-state index contributed by atoms with van der Waals surface area (Å²) < 4.78 is 13.6. The molecule has 2 heterocycles. The molecule has 29 heavy (non-hydrogen) atoms. The number of hydrogen-bond donors (Lipinski definition) is 1. The number of para-hydroxylation sites is 2. The maximum atomic E-state index is 12.6. The van der Waals surface area contributed by atoms with Crippen molar-refractivity contribution < 1.29 is 14.3 Å². The number of aromatic nitrogens is 2. The van der Waals surface area contributed by atoms with Crippen LogP contribution in [0.15, 0.2) is 42.5 Å². The van der Waals surface area contributed by atoms with Gasteiger partial charge in [0.2, 0.25) is 5.91 Å². The smallest absolute Gasteiger partial charge is 0.240 e. The molecule has 1 atom stereocenters. The van der Waals surface area contributed by atoms with Crippen LogP contribution in [0.1, 0.15) is 29.8 Å². The first-order valence-corrected chi connectivity index (χ1v) is 10.1. The number of hydrogen-bond acceptors (Lipinski definition) is 4. The van der Waals surface area contributed by atoms with Crippen LogP contribution < -0.4 is 10.1 Å². The fraction of sp³-hybridized carbons (Fsp3) is 0.391. The second-order valence-electron chi connectivity index (χ2n) is 7.60. The summed E-state index contributed by atoms with van der Waals surface area (Å²) in [5.74, 6) is 1.53. The highest BCUT2D eigenvalue weighted by Gasteiger charge is 2.18. The van der Waals surface area contributed by atoms with Gasteiger partial charge in [0.05, 0.1) is 17.1 Å². The first-order chi connectivity index (χ1) is 14.1. The van der Waals surface area contributed by atoms with Gasteiger partial charge >= 0.3 is 0 Å². The number of aryl methyl sites for hydroxylation is 2. The minimum Gasteiger partial charge on any atom is -0.485 e. The number of carbonyl (C=O) groups excluding carboxylic acids is 1. The molecule has 1 aromatic heterocycles. The number of nitrogens with one attached hydrogen (secondary N) is 1. The van der Waals surface area contributed by atoms with Gasteiger partial charge < -0.3 is 19.4 Å². The van der Waals surface area contributed by atoms with E-state index in [0.717, 1.165) is 53.2 Å². The zero-order valence-electron chi connectivity index (χ0n) is 17.0. The number of nitrogens with zero attached hydrogens (tertiary/aromatic N) is 2. The quantitative estimate of drug-likeness (QED) is 0.667. The monoisotopic (exact) mass is 393 g/mol. The Morgan fingerprint density at radius 3 is 2.97 bits per heavy atom. The summed E-state index contributed by atoms with van der Waals surface area (Å²) in [4.78, 5) is 17.3. The first-order valence-electron chi connectivity index (χ1n) is 10.1. The number of rotatable bonds is 7. The maximum Gasteiger partial charge on any atom is 0.240 e. The Labute approximate surface area is 170 Å². The van der Waals surface area contributed by atoms with E-state index in [1.165, 1.54) is 0 Å². The summed E-state index contributed by atoms with van der Waals surface area (Å²) in [5.41, 5.74) is 4.01. The van der Waals surface area contributed by atoms with Crippen LogP contribution in [-0.2, 0) is 22.7 Å². The van der Waals surface area contributed by atoms with Gasteiger partial charge in [0.1, 0.15) is 24.7 Å². The van der Waals surface area contributed by atoms with Gasteiger partial charge in [-0.05, 0) is 56.0 Å². The lowest BCUT2D eigenvalue weighted by molar-refractivity contribution is -0.122. The highest BCUT2D eigenvalue weighted by molar-refractivity contribution is 5.81. The number of ether oxygens (including phenoxy) is 2. The van der Waals surface area contributed by atoms with Crippen molar-refractivity contribution in [2.75, 3.05) is 13.2 Å². The Morgan fingerprint density at radius 2 is 2.14 bits per heavy atom. The van der Waals surface area contributed by atoms with Crippen molar-refractivity contribution in [2.24, 2.45) is 0 Å². The minimum absolute atomic E-state index is 0.0448. The number of carbonyl (C=O) groups is 1. The van der Waals surface area contributed by atoms with Gasteiger partial charge in [-0.2, -0.15) is 0 Å². The highest BCUT2D eigenvalue weighted by atomic mass is 16.5. The standard InChI is InChI=1S/C23H27N3O3/c1-16-9-10-17(2)21(12-16)29-15-22-25-19-7-3-4-8-20(19)26(22)14-23(27)24-13-18-6-5-11-28-18/h3-4,7-10,12,18H,5-6,11,13-15H2,1-2H3,(H,24,27). The van der Waals surface area contributed by atoms with Gasteiger partial charge in [-0.25, -0.2) is 4.98 Å². The molecule has 1 aliphatic heterocycles. The molecule has 1 saturated heterocycles. The van der Waals surface area contributed by atoms with E-state index in [1.54, 1.807) is 0 Å². The van der Waals surface area contributed by atoms with Gasteiger partial charge in [-0.3, -0.25) is 4.79 Å². The molecule has 152 valence electrons. The maximum absolute atomic E-state index is 12.6. The molecule has 0 saturated carbocycles. The molecule has 1 fully saturated rings. The molecular weight excluding hydrogens is 366 g/mol. The SMILES string of the molecule is Cc1ccc(C)c(OCc2nc3ccccc3n2CC(=O)NCC2CCCO2)c1. The van der Waals surface area contributed by atoms with Crippen molar-refractivity contribution in [1.82, 2.24) is 14.9 Å². The predicted molar refractivity (Wildman–Crippen MR) is 112 cm³/mol. The summed E-state index contributed by atoms with van der Waals surface area (Å²) >= 11 is 0. The topological polar surface area (TPSA) is 65.4 Å². The lowest BCUT2D eigenvalue weighted by atomic mass is 10.1. The van der Waals surface area contributed by atoms with Crippen LogP contribution in [0, 0.1) is 13.8 Å². The fourth-order valence-corrected chi connectivity index (χ4v) is 3.65. The van der Waals surface area contributed by atoms with Crippen LogP contribution in [0.4, 0.5) is 0 Å². The van der Waals surface area contributed by atoms with Crippen LogP contribution in [-0.4, -0.2) is 34.7 Å². The van der Waals surface area contributed by atoms with Gasteiger partial charge in [0.15, 0.2) is 0 Å². The molecule has 3 aromatic rings. The lowest BCUT2D eigenvalue weighted by Crippen LogP contribution is -2.34. The molecule has 6 heteroatoms. The average Bonchev–Trinajstić information content (AvgIpc) is 3.35. The second-order valence-corrected chi connectivity index (χ2v) is 7.60. The Morgan fingerprint density at radius 1 is 1.28 bits per heavy atom. The summed E-state index contributed by atoms with van der Waals surface area (Å²) in [7, 11) is 0. The third-order valence-electron chi connectivity index (χ3n) is 5.29. The number of imidazole rings is 1. The number of benzene rings is 2. The third-order valence-corrected chi connectivity index (χ3v) is 5.29. The third kappa shape index (κ3) is 4.59. The van der Waals surface area contributed by atoms with Crippen molar-refractivity contribution in [3.8, 4) is 5.75 Å². The zero-order valence-corrected chi connectivity index (χ0v) is 17.0. The summed E-state index contributed by atoms with van der Waals surface area (Å²) in [6, 6.07) is 14.0. The largest absolute Gasteiger partial charge is 0.485 e. The summed E-state index contributed by atoms with van der Waals surface area (Å²) in [6.07, 6.45) is 2.20. The van der Waals surface area contributed by atoms with Crippen molar-refractivity contribution in [3.63, 3.8) is 0 Å². The Balaban J connectivity index is 1.50. The van der Waals surface area contributed by atoms with Crippen molar-refractivity contribution in [3.05, 3.63) is 59.4 Å². The molecule has 0 radical (unpaired) electrons. The Kier molecular flexibility index (Phi) is 5.81. The van der Waals surface area contributed by atoms with E-state index in [9.17, 15) is 4.79 Å². The van der Waals surface area contributed by atoms with Crippen LogP contribution >= 0.6 is 0 Å². The molecule has 1 N–H and O–H groups in total. The minimum atomic E-state index is -0.0448. The van der Waals surface area contributed by atoms with E-state index < -0.39 is 0 Å². The molecule has 0 aliphatic carbocycles. The Bertz CT molecular complexity index is 1010. The summed E-state index contributed by atoms with van der Waals surface area (Å²) in [5, 5.41) is 2.99. The van der Waals surface area contributed by atoms with E-state index >= 15 is 0 Å².